The Morgan fingerprint density at radius 2 is 2.04 bits per heavy atom. The molecule has 0 aliphatic carbocycles. The lowest BCUT2D eigenvalue weighted by molar-refractivity contribution is 0.340. The summed E-state index contributed by atoms with van der Waals surface area (Å²) in [7, 11) is 0. The Hall–Kier alpha value is -0.630. The van der Waals surface area contributed by atoms with Gasteiger partial charge in [0.15, 0.2) is 5.96 Å². The fraction of sp³-hybridized carbons (Fsp3) is 0.588. The molecule has 0 saturated carbocycles. The summed E-state index contributed by atoms with van der Waals surface area (Å²) in [5, 5.41) is 6.67. The number of halogens is 1. The summed E-state index contributed by atoms with van der Waals surface area (Å²) in [6, 6.07) is 8.12. The van der Waals surface area contributed by atoms with E-state index < -0.39 is 0 Å². The van der Waals surface area contributed by atoms with Gasteiger partial charge in [-0.3, -0.25) is 0 Å². The first-order valence-corrected chi connectivity index (χ1v) is 9.42. The van der Waals surface area contributed by atoms with Crippen molar-refractivity contribution < 1.29 is 4.74 Å². The number of unbranched alkanes of at least 4 members (excludes halogenated alkanes) is 1. The van der Waals surface area contributed by atoms with Gasteiger partial charge in [-0.25, -0.2) is 4.99 Å². The molecule has 0 unspecified atom stereocenters. The molecule has 1 rings (SSSR count). The molecule has 4 nitrogen and oxygen atoms in total. The van der Waals surface area contributed by atoms with Gasteiger partial charge >= 0.3 is 0 Å². The maximum atomic E-state index is 5.52. The van der Waals surface area contributed by atoms with Crippen molar-refractivity contribution in [3.63, 3.8) is 0 Å². The molecule has 1 aromatic carbocycles. The molecule has 2 N–H and O–H groups in total. The fourth-order valence-electron chi connectivity index (χ4n) is 1.99. The average Bonchev–Trinajstić information content (AvgIpc) is 2.53. The molecule has 0 saturated heterocycles. The van der Waals surface area contributed by atoms with E-state index >= 15 is 0 Å². The van der Waals surface area contributed by atoms with Crippen molar-refractivity contribution in [1.82, 2.24) is 10.6 Å². The summed E-state index contributed by atoms with van der Waals surface area (Å²) in [5.41, 5.74) is 1.16. The zero-order chi connectivity index (χ0) is 16.0. The van der Waals surface area contributed by atoms with Gasteiger partial charge in [0.1, 0.15) is 5.75 Å². The molecule has 0 bridgehead atoms. The lowest BCUT2D eigenvalue weighted by atomic mass is 10.2. The summed E-state index contributed by atoms with van der Waals surface area (Å²) >= 11 is 1.90. The molecular formula is C17H30IN3OS. The summed E-state index contributed by atoms with van der Waals surface area (Å²) in [6.45, 7) is 7.25. The van der Waals surface area contributed by atoms with Crippen molar-refractivity contribution >= 4 is 41.7 Å². The van der Waals surface area contributed by atoms with Gasteiger partial charge in [-0.15, -0.1) is 24.0 Å². The number of nitrogens with zero attached hydrogens (tertiary/aromatic N) is 1. The number of guanidine groups is 1. The molecule has 1 aromatic rings. The number of hydrogen-bond donors (Lipinski definition) is 2. The van der Waals surface area contributed by atoms with E-state index in [9.17, 15) is 0 Å². The van der Waals surface area contributed by atoms with Crippen molar-refractivity contribution in [2.75, 3.05) is 31.7 Å². The van der Waals surface area contributed by atoms with Crippen LogP contribution in [0.25, 0.3) is 0 Å². The number of hydrogen-bond acceptors (Lipinski definition) is 3. The Kier molecular flexibility index (Phi) is 14.5. The molecule has 132 valence electrons. The molecule has 0 atom stereocenters. The Bertz CT molecular complexity index is 444. The van der Waals surface area contributed by atoms with Crippen LogP contribution in [0.4, 0.5) is 0 Å². The van der Waals surface area contributed by atoms with E-state index in [1.807, 2.05) is 30.8 Å². The van der Waals surface area contributed by atoms with E-state index in [1.165, 1.54) is 18.6 Å². The molecule has 23 heavy (non-hydrogen) atoms. The van der Waals surface area contributed by atoms with Crippen LogP contribution in [0.3, 0.4) is 0 Å². The van der Waals surface area contributed by atoms with E-state index in [4.69, 9.17) is 4.74 Å². The second-order valence-corrected chi connectivity index (χ2v) is 5.89. The van der Waals surface area contributed by atoms with Crippen LogP contribution in [0, 0.1) is 0 Å². The van der Waals surface area contributed by atoms with Crippen LogP contribution in [-0.4, -0.2) is 37.7 Å². The minimum absolute atomic E-state index is 0. The van der Waals surface area contributed by atoms with Crippen LogP contribution in [0.15, 0.2) is 29.3 Å². The first-order chi connectivity index (χ1) is 10.8. The second-order valence-electron chi connectivity index (χ2n) is 4.90. The van der Waals surface area contributed by atoms with Gasteiger partial charge in [0.25, 0.3) is 0 Å². The van der Waals surface area contributed by atoms with Gasteiger partial charge in [0, 0.05) is 13.1 Å². The Balaban J connectivity index is 0.00000484. The van der Waals surface area contributed by atoms with Gasteiger partial charge in [-0.2, -0.15) is 11.8 Å². The molecule has 0 amide bonds. The van der Waals surface area contributed by atoms with Crippen molar-refractivity contribution in [1.29, 1.82) is 0 Å². The molecule has 0 heterocycles. The number of aliphatic imine (C=N–C) groups is 1. The van der Waals surface area contributed by atoms with Gasteiger partial charge in [-0.1, -0.05) is 12.1 Å². The number of nitrogens with one attached hydrogen (secondary N) is 2. The third-order valence-electron chi connectivity index (χ3n) is 3.04. The van der Waals surface area contributed by atoms with E-state index in [0.717, 1.165) is 30.4 Å². The highest BCUT2D eigenvalue weighted by Gasteiger charge is 1.99. The first-order valence-electron chi connectivity index (χ1n) is 8.03. The van der Waals surface area contributed by atoms with Crippen molar-refractivity contribution in [2.45, 2.75) is 33.2 Å². The second kappa shape index (κ2) is 14.9. The molecule has 0 fully saturated rings. The predicted octanol–water partition coefficient (Wildman–Crippen LogP) is 3.90. The number of thioether (sulfide) groups is 1. The van der Waals surface area contributed by atoms with Crippen molar-refractivity contribution in [2.24, 2.45) is 4.99 Å². The predicted molar refractivity (Wildman–Crippen MR) is 113 cm³/mol. The molecule has 0 aliphatic heterocycles. The Morgan fingerprint density at radius 1 is 1.22 bits per heavy atom. The SMILES string of the molecule is CCNC(=NCc1cccc(OCC)c1)NCCCCSC.I. The lowest BCUT2D eigenvalue weighted by Crippen LogP contribution is -2.37. The van der Waals surface area contributed by atoms with E-state index in [0.29, 0.717) is 13.2 Å². The normalized spacial score (nSPS) is 10.8. The average molecular weight is 451 g/mol. The maximum absolute atomic E-state index is 5.52. The molecular weight excluding hydrogens is 421 g/mol. The highest BCUT2D eigenvalue weighted by molar-refractivity contribution is 14.0. The van der Waals surface area contributed by atoms with E-state index in [1.54, 1.807) is 0 Å². The van der Waals surface area contributed by atoms with E-state index in [2.05, 4.69) is 40.9 Å². The Labute approximate surface area is 162 Å². The summed E-state index contributed by atoms with van der Waals surface area (Å²) in [6.07, 6.45) is 4.56. The monoisotopic (exact) mass is 451 g/mol. The zero-order valence-corrected chi connectivity index (χ0v) is 17.6. The molecule has 0 radical (unpaired) electrons. The van der Waals surface area contributed by atoms with Gasteiger partial charge in [0.05, 0.1) is 13.2 Å². The van der Waals surface area contributed by atoms with Crippen molar-refractivity contribution in [3.05, 3.63) is 29.8 Å². The summed E-state index contributed by atoms with van der Waals surface area (Å²) < 4.78 is 5.52. The minimum Gasteiger partial charge on any atom is -0.494 e. The first kappa shape index (κ1) is 22.4. The fourth-order valence-corrected chi connectivity index (χ4v) is 2.48. The Morgan fingerprint density at radius 3 is 2.74 bits per heavy atom. The lowest BCUT2D eigenvalue weighted by Gasteiger charge is -2.11. The number of ether oxygens (including phenoxy) is 1. The molecule has 6 heteroatoms. The highest BCUT2D eigenvalue weighted by atomic mass is 127. The van der Waals surface area contributed by atoms with E-state index in [-0.39, 0.29) is 24.0 Å². The minimum atomic E-state index is 0. The smallest absolute Gasteiger partial charge is 0.191 e. The van der Waals surface area contributed by atoms with Crippen LogP contribution >= 0.6 is 35.7 Å². The molecule has 0 aliphatic rings. The number of benzene rings is 1. The molecule has 0 aromatic heterocycles. The molecule has 0 spiro atoms. The third kappa shape index (κ3) is 10.7. The van der Waals surface area contributed by atoms with Crippen LogP contribution in [-0.2, 0) is 6.54 Å². The van der Waals surface area contributed by atoms with Gasteiger partial charge in [0.2, 0.25) is 0 Å². The standard InChI is InChI=1S/C17H29N3OS.HI/c1-4-18-17(19-11-6-7-12-22-3)20-14-15-9-8-10-16(13-15)21-5-2;/h8-10,13H,4-7,11-12,14H2,1-3H3,(H2,18,19,20);1H. The summed E-state index contributed by atoms with van der Waals surface area (Å²) in [5.74, 6) is 3.01. The van der Waals surface area contributed by atoms with Crippen LogP contribution < -0.4 is 15.4 Å². The zero-order valence-electron chi connectivity index (χ0n) is 14.4. The van der Waals surface area contributed by atoms with Gasteiger partial charge in [-0.05, 0) is 56.4 Å². The van der Waals surface area contributed by atoms with Crippen LogP contribution in [0.2, 0.25) is 0 Å². The van der Waals surface area contributed by atoms with Gasteiger partial charge < -0.3 is 15.4 Å². The third-order valence-corrected chi connectivity index (χ3v) is 3.74. The van der Waals surface area contributed by atoms with Crippen LogP contribution in [0.5, 0.6) is 5.75 Å². The number of rotatable bonds is 10. The largest absolute Gasteiger partial charge is 0.494 e. The summed E-state index contributed by atoms with van der Waals surface area (Å²) in [4.78, 5) is 4.64. The van der Waals surface area contributed by atoms with Crippen LogP contribution in [0.1, 0.15) is 32.3 Å². The quantitative estimate of drug-likeness (QED) is 0.245. The highest BCUT2D eigenvalue weighted by Crippen LogP contribution is 2.13. The maximum Gasteiger partial charge on any atom is 0.191 e. The topological polar surface area (TPSA) is 45.7 Å². The van der Waals surface area contributed by atoms with Crippen molar-refractivity contribution in [3.8, 4) is 5.75 Å².